The van der Waals surface area contributed by atoms with E-state index in [1.54, 1.807) is 6.92 Å². The first kappa shape index (κ1) is 30.2. The lowest BCUT2D eigenvalue weighted by atomic mass is 10.0. The van der Waals surface area contributed by atoms with Gasteiger partial charge in [-0.2, -0.15) is 0 Å². The van der Waals surface area contributed by atoms with Crippen molar-refractivity contribution in [1.82, 2.24) is 0 Å². The minimum Gasteiger partial charge on any atom is -0.462 e. The fourth-order valence-electron chi connectivity index (χ4n) is 4.12. The summed E-state index contributed by atoms with van der Waals surface area (Å²) in [5.74, 6) is 0.632. The molecule has 0 aliphatic rings. The van der Waals surface area contributed by atoms with Gasteiger partial charge in [-0.25, -0.2) is 4.79 Å². The molecule has 2 nitrogen and oxygen atoms in total. The topological polar surface area (TPSA) is 26.3 Å². The van der Waals surface area contributed by atoms with Gasteiger partial charge in [-0.1, -0.05) is 149 Å². The number of esters is 1. The molecule has 2 heteroatoms. The molecule has 0 amide bonds. The van der Waals surface area contributed by atoms with Gasteiger partial charge in [-0.15, -0.1) is 0 Å². The average molecular weight is 437 g/mol. The first-order valence-corrected chi connectivity index (χ1v) is 13.9. The van der Waals surface area contributed by atoms with Gasteiger partial charge in [0.05, 0.1) is 6.61 Å². The second-order valence-corrected chi connectivity index (χ2v) is 10.2. The molecule has 0 aromatic rings. The predicted molar refractivity (Wildman–Crippen MR) is 138 cm³/mol. The van der Waals surface area contributed by atoms with Gasteiger partial charge in [0.1, 0.15) is 0 Å². The first-order chi connectivity index (χ1) is 15.0. The fraction of sp³-hybridized carbons (Fsp3) is 0.897. The first-order valence-electron chi connectivity index (χ1n) is 13.9. The summed E-state index contributed by atoms with van der Waals surface area (Å²) in [7, 11) is 0. The third-order valence-corrected chi connectivity index (χ3v) is 6.26. The summed E-state index contributed by atoms with van der Waals surface area (Å²) in [4.78, 5) is 11.2. The summed E-state index contributed by atoms with van der Waals surface area (Å²) in [5.41, 5.74) is 0.494. The molecule has 0 aromatic carbocycles. The number of hydrogen-bond acceptors (Lipinski definition) is 2. The number of hydrogen-bond donors (Lipinski definition) is 0. The summed E-state index contributed by atoms with van der Waals surface area (Å²) in [6.07, 6.45) is 29.2. The van der Waals surface area contributed by atoms with Crippen LogP contribution >= 0.6 is 0 Å². The minimum absolute atomic E-state index is 0.252. The van der Waals surface area contributed by atoms with Gasteiger partial charge >= 0.3 is 5.97 Å². The van der Waals surface area contributed by atoms with Crippen LogP contribution < -0.4 is 0 Å². The van der Waals surface area contributed by atoms with E-state index in [-0.39, 0.29) is 5.97 Å². The van der Waals surface area contributed by atoms with Gasteiger partial charge < -0.3 is 4.74 Å². The van der Waals surface area contributed by atoms with E-state index in [1.165, 1.54) is 128 Å². The van der Waals surface area contributed by atoms with Crippen LogP contribution in [0.15, 0.2) is 12.2 Å². The van der Waals surface area contributed by atoms with Crippen molar-refractivity contribution in [3.05, 3.63) is 12.2 Å². The molecule has 0 fully saturated rings. The lowest BCUT2D eigenvalue weighted by Gasteiger charge is -2.05. The van der Waals surface area contributed by atoms with E-state index >= 15 is 0 Å². The number of carbonyl (C=O) groups is 1. The highest BCUT2D eigenvalue weighted by Gasteiger charge is 2.01. The molecule has 0 atom stereocenters. The maximum absolute atomic E-state index is 11.2. The number of ether oxygens (including phenoxy) is 1. The van der Waals surface area contributed by atoms with E-state index in [1.807, 2.05) is 0 Å². The standard InChI is InChI=1S/C29H56O2/c1-27(2)25-23-21-19-17-15-13-11-9-7-5-6-8-10-12-14-16-18-20-22-24-26-31-29(30)28(3)4/h27H,3,5-26H2,1-2,4H3. The average Bonchev–Trinajstić information content (AvgIpc) is 2.73. The van der Waals surface area contributed by atoms with Gasteiger partial charge in [0.25, 0.3) is 0 Å². The molecule has 0 aliphatic carbocycles. The van der Waals surface area contributed by atoms with E-state index in [4.69, 9.17) is 4.74 Å². The molecule has 0 aromatic heterocycles. The Kier molecular flexibility index (Phi) is 23.3. The van der Waals surface area contributed by atoms with Crippen LogP contribution in [0.4, 0.5) is 0 Å². The van der Waals surface area contributed by atoms with Crippen LogP contribution in [0, 0.1) is 5.92 Å². The van der Waals surface area contributed by atoms with Crippen molar-refractivity contribution in [3.63, 3.8) is 0 Å². The minimum atomic E-state index is -0.252. The van der Waals surface area contributed by atoms with Crippen molar-refractivity contribution in [2.24, 2.45) is 5.92 Å². The lowest BCUT2D eigenvalue weighted by molar-refractivity contribution is -0.139. The maximum Gasteiger partial charge on any atom is 0.333 e. The molecule has 0 rings (SSSR count). The number of unbranched alkanes of at least 4 members (excludes halogenated alkanes) is 19. The summed E-state index contributed by atoms with van der Waals surface area (Å²) >= 11 is 0. The monoisotopic (exact) mass is 436 g/mol. The van der Waals surface area contributed by atoms with E-state index in [9.17, 15) is 4.79 Å². The van der Waals surface area contributed by atoms with Crippen LogP contribution in [0.2, 0.25) is 0 Å². The number of carbonyl (C=O) groups excluding carboxylic acids is 1. The van der Waals surface area contributed by atoms with Crippen molar-refractivity contribution in [1.29, 1.82) is 0 Å². The molecule has 184 valence electrons. The second-order valence-electron chi connectivity index (χ2n) is 10.2. The molecule has 0 radical (unpaired) electrons. The van der Waals surface area contributed by atoms with E-state index in [0.29, 0.717) is 12.2 Å². The van der Waals surface area contributed by atoms with Crippen LogP contribution in [-0.4, -0.2) is 12.6 Å². The largest absolute Gasteiger partial charge is 0.462 e. The third kappa shape index (κ3) is 25.3. The van der Waals surface area contributed by atoms with Crippen LogP contribution in [0.1, 0.15) is 156 Å². The molecule has 0 N–H and O–H groups in total. The molecule has 0 heterocycles. The zero-order valence-electron chi connectivity index (χ0n) is 21.7. The molecule has 0 saturated heterocycles. The second kappa shape index (κ2) is 23.9. The van der Waals surface area contributed by atoms with Crippen molar-refractivity contribution in [3.8, 4) is 0 Å². The van der Waals surface area contributed by atoms with Crippen LogP contribution in [0.3, 0.4) is 0 Å². The summed E-state index contributed by atoms with van der Waals surface area (Å²) in [6, 6.07) is 0. The van der Waals surface area contributed by atoms with E-state index in [0.717, 1.165) is 12.3 Å². The zero-order valence-corrected chi connectivity index (χ0v) is 21.7. The number of rotatable bonds is 24. The highest BCUT2D eigenvalue weighted by atomic mass is 16.5. The normalized spacial score (nSPS) is 11.2. The van der Waals surface area contributed by atoms with Crippen LogP contribution in [0.25, 0.3) is 0 Å². The van der Waals surface area contributed by atoms with E-state index in [2.05, 4.69) is 20.4 Å². The van der Waals surface area contributed by atoms with Gasteiger partial charge in [0.15, 0.2) is 0 Å². The molecule has 0 aliphatic heterocycles. The van der Waals surface area contributed by atoms with Crippen LogP contribution in [0.5, 0.6) is 0 Å². The smallest absolute Gasteiger partial charge is 0.333 e. The third-order valence-electron chi connectivity index (χ3n) is 6.26. The molecule has 0 saturated carbocycles. The summed E-state index contributed by atoms with van der Waals surface area (Å²) in [6.45, 7) is 10.5. The Morgan fingerprint density at radius 3 is 1.16 bits per heavy atom. The van der Waals surface area contributed by atoms with Gasteiger partial charge in [0.2, 0.25) is 0 Å². The fourth-order valence-corrected chi connectivity index (χ4v) is 4.12. The predicted octanol–water partition coefficient (Wildman–Crippen LogP) is 9.95. The van der Waals surface area contributed by atoms with Crippen LogP contribution in [-0.2, 0) is 9.53 Å². The Balaban J connectivity index is 3.06. The van der Waals surface area contributed by atoms with Crippen molar-refractivity contribution < 1.29 is 9.53 Å². The molecule has 0 spiro atoms. The van der Waals surface area contributed by atoms with Crippen molar-refractivity contribution in [2.75, 3.05) is 6.61 Å². The molecule has 0 unspecified atom stereocenters. The van der Waals surface area contributed by atoms with Gasteiger partial charge in [-0.3, -0.25) is 0 Å². The zero-order chi connectivity index (χ0) is 23.0. The highest BCUT2D eigenvalue weighted by Crippen LogP contribution is 2.15. The Bertz CT molecular complexity index is 400. The highest BCUT2D eigenvalue weighted by molar-refractivity contribution is 5.86. The Morgan fingerprint density at radius 1 is 0.581 bits per heavy atom. The summed E-state index contributed by atoms with van der Waals surface area (Å²) < 4.78 is 5.11. The molecule has 0 bridgehead atoms. The molecular formula is C29H56O2. The SMILES string of the molecule is C=C(C)C(=O)OCCCCCCCCCCCCCCCCCCCCCCC(C)C. The molecule has 31 heavy (non-hydrogen) atoms. The molecular weight excluding hydrogens is 380 g/mol. The Hall–Kier alpha value is -0.790. The lowest BCUT2D eigenvalue weighted by Crippen LogP contribution is -2.05. The van der Waals surface area contributed by atoms with Gasteiger partial charge in [0, 0.05) is 5.57 Å². The Morgan fingerprint density at radius 2 is 0.871 bits per heavy atom. The quantitative estimate of drug-likeness (QED) is 0.0854. The van der Waals surface area contributed by atoms with E-state index < -0.39 is 0 Å². The van der Waals surface area contributed by atoms with Crippen molar-refractivity contribution in [2.45, 2.75) is 156 Å². The summed E-state index contributed by atoms with van der Waals surface area (Å²) in [5, 5.41) is 0. The van der Waals surface area contributed by atoms with Gasteiger partial charge in [-0.05, 0) is 19.3 Å². The maximum atomic E-state index is 11.2. The Labute approximate surface area is 196 Å². The van der Waals surface area contributed by atoms with Crippen molar-refractivity contribution >= 4 is 5.97 Å².